The molecule has 0 spiro atoms. The van der Waals surface area contributed by atoms with Gasteiger partial charge in [-0.2, -0.15) is 0 Å². The first kappa shape index (κ1) is 17.3. The van der Waals surface area contributed by atoms with Gasteiger partial charge in [-0.3, -0.25) is 4.79 Å². The number of hydrogen-bond donors (Lipinski definition) is 1. The van der Waals surface area contributed by atoms with E-state index in [0.29, 0.717) is 21.6 Å². The molecule has 26 heavy (non-hydrogen) atoms. The Labute approximate surface area is 158 Å². The molecule has 6 nitrogen and oxygen atoms in total. The standard InChI is InChI=1S/C18H18ClN3O3S/c1-20-2-4-21(5-3-20)13-9-12-14(8-11(13)10-19)22-6-7-26-17(22)15(16(12)23)18(24)25/h6-9H,2-5,10H2,1H3,(H,24,25). The molecule has 1 saturated heterocycles. The van der Waals surface area contributed by atoms with Gasteiger partial charge in [0.1, 0.15) is 10.4 Å². The third kappa shape index (κ3) is 2.67. The molecule has 2 aromatic heterocycles. The minimum atomic E-state index is -1.19. The molecule has 1 aliphatic heterocycles. The molecular formula is C18H18ClN3O3S. The largest absolute Gasteiger partial charge is 0.477 e. The normalized spacial score (nSPS) is 15.8. The maximum Gasteiger partial charge on any atom is 0.342 e. The Bertz CT molecular complexity index is 1070. The molecule has 0 unspecified atom stereocenters. The molecule has 3 heterocycles. The van der Waals surface area contributed by atoms with Crippen LogP contribution < -0.4 is 10.3 Å². The third-order valence-corrected chi connectivity index (χ3v) is 6.12. The number of hydrogen-bond acceptors (Lipinski definition) is 5. The highest BCUT2D eigenvalue weighted by Crippen LogP contribution is 2.30. The van der Waals surface area contributed by atoms with E-state index < -0.39 is 11.4 Å². The van der Waals surface area contributed by atoms with Crippen LogP contribution in [-0.2, 0) is 5.88 Å². The molecule has 0 atom stereocenters. The lowest BCUT2D eigenvalue weighted by Crippen LogP contribution is -2.44. The van der Waals surface area contributed by atoms with Crippen LogP contribution in [0.1, 0.15) is 15.9 Å². The predicted octanol–water partition coefficient (Wildman–Crippen LogP) is 2.70. The molecule has 1 N–H and O–H groups in total. The van der Waals surface area contributed by atoms with Gasteiger partial charge in [-0.05, 0) is 24.7 Å². The quantitative estimate of drug-likeness (QED) is 0.695. The summed E-state index contributed by atoms with van der Waals surface area (Å²) in [6, 6.07) is 3.74. The van der Waals surface area contributed by atoms with E-state index in [1.165, 1.54) is 11.3 Å². The Morgan fingerprint density at radius 1 is 1.27 bits per heavy atom. The predicted molar refractivity (Wildman–Crippen MR) is 105 cm³/mol. The highest BCUT2D eigenvalue weighted by molar-refractivity contribution is 7.16. The van der Waals surface area contributed by atoms with Gasteiger partial charge in [0.05, 0.1) is 5.52 Å². The van der Waals surface area contributed by atoms with Crippen molar-refractivity contribution in [2.75, 3.05) is 38.1 Å². The summed E-state index contributed by atoms with van der Waals surface area (Å²) in [6.07, 6.45) is 1.79. The van der Waals surface area contributed by atoms with Gasteiger partial charge >= 0.3 is 5.97 Å². The molecule has 1 fully saturated rings. The maximum absolute atomic E-state index is 12.9. The van der Waals surface area contributed by atoms with Gasteiger partial charge in [-0.15, -0.1) is 22.9 Å². The number of carboxylic acid groups (broad SMARTS) is 1. The van der Waals surface area contributed by atoms with Crippen molar-refractivity contribution in [1.29, 1.82) is 0 Å². The van der Waals surface area contributed by atoms with Crippen LogP contribution in [0.15, 0.2) is 28.5 Å². The number of aromatic nitrogens is 1. The molecule has 136 valence electrons. The number of carboxylic acids is 1. The maximum atomic E-state index is 12.9. The lowest BCUT2D eigenvalue weighted by Gasteiger charge is -2.35. The van der Waals surface area contributed by atoms with Crippen LogP contribution in [0.3, 0.4) is 0 Å². The van der Waals surface area contributed by atoms with Crippen molar-refractivity contribution in [2.24, 2.45) is 0 Å². The first-order valence-corrected chi connectivity index (χ1v) is 9.74. The third-order valence-electron chi connectivity index (χ3n) is 4.95. The number of anilines is 1. The summed E-state index contributed by atoms with van der Waals surface area (Å²) in [6.45, 7) is 3.56. The zero-order valence-electron chi connectivity index (χ0n) is 14.2. The van der Waals surface area contributed by atoms with Crippen LogP contribution >= 0.6 is 22.9 Å². The van der Waals surface area contributed by atoms with E-state index in [9.17, 15) is 14.7 Å². The smallest absolute Gasteiger partial charge is 0.342 e. The molecule has 0 saturated carbocycles. The van der Waals surface area contributed by atoms with Gasteiger partial charge in [0.25, 0.3) is 0 Å². The summed E-state index contributed by atoms with van der Waals surface area (Å²) in [4.78, 5) is 29.5. The molecule has 0 aliphatic carbocycles. The summed E-state index contributed by atoms with van der Waals surface area (Å²) in [5.41, 5.74) is 1.96. The second kappa shape index (κ2) is 6.57. The Hall–Kier alpha value is -2.09. The van der Waals surface area contributed by atoms with E-state index in [-0.39, 0.29) is 5.56 Å². The number of fused-ring (bicyclic) bond motifs is 3. The second-order valence-corrected chi connectivity index (χ2v) is 7.67. The first-order valence-electron chi connectivity index (χ1n) is 8.32. The van der Waals surface area contributed by atoms with Crippen molar-refractivity contribution in [3.05, 3.63) is 45.1 Å². The van der Waals surface area contributed by atoms with Crippen LogP contribution in [0.5, 0.6) is 0 Å². The fourth-order valence-electron chi connectivity index (χ4n) is 3.52. The van der Waals surface area contributed by atoms with Crippen molar-refractivity contribution >= 4 is 50.3 Å². The second-order valence-electron chi connectivity index (χ2n) is 6.51. The summed E-state index contributed by atoms with van der Waals surface area (Å²) in [5.74, 6) is -0.863. The van der Waals surface area contributed by atoms with Gasteiger partial charge in [-0.25, -0.2) is 4.79 Å². The number of thiazole rings is 1. The van der Waals surface area contributed by atoms with Gasteiger partial charge in [0.15, 0.2) is 0 Å². The number of rotatable bonds is 3. The van der Waals surface area contributed by atoms with E-state index in [4.69, 9.17) is 11.6 Å². The zero-order valence-corrected chi connectivity index (χ0v) is 15.8. The molecule has 8 heteroatoms. The van der Waals surface area contributed by atoms with Crippen LogP contribution in [0, 0.1) is 0 Å². The fourth-order valence-corrected chi connectivity index (χ4v) is 4.62. The minimum absolute atomic E-state index is 0.171. The molecule has 0 amide bonds. The van der Waals surface area contributed by atoms with Crippen LogP contribution in [0.2, 0.25) is 0 Å². The van der Waals surface area contributed by atoms with E-state index in [1.807, 2.05) is 12.1 Å². The number of halogens is 1. The number of likely N-dealkylation sites (N-methyl/N-ethyl adjacent to an activating group) is 1. The number of alkyl halides is 1. The van der Waals surface area contributed by atoms with E-state index in [2.05, 4.69) is 16.8 Å². The molecule has 0 radical (unpaired) electrons. The Balaban J connectivity index is 2.01. The Morgan fingerprint density at radius 3 is 2.65 bits per heavy atom. The van der Waals surface area contributed by atoms with Gasteiger partial charge in [0.2, 0.25) is 5.43 Å². The molecule has 3 aromatic rings. The number of nitrogens with zero attached hydrogens (tertiary/aromatic N) is 3. The molecule has 1 aliphatic rings. The number of benzene rings is 1. The van der Waals surface area contributed by atoms with Crippen molar-refractivity contribution < 1.29 is 9.90 Å². The highest BCUT2D eigenvalue weighted by Gasteiger charge is 2.22. The van der Waals surface area contributed by atoms with Gasteiger partial charge in [-0.1, -0.05) is 0 Å². The lowest BCUT2D eigenvalue weighted by molar-refractivity contribution is 0.0697. The number of carbonyl (C=O) groups is 1. The summed E-state index contributed by atoms with van der Waals surface area (Å²) < 4.78 is 1.77. The molecule has 1 aromatic carbocycles. The van der Waals surface area contributed by atoms with E-state index >= 15 is 0 Å². The van der Waals surface area contributed by atoms with Crippen LogP contribution in [-0.4, -0.2) is 53.6 Å². The topological polar surface area (TPSA) is 65.3 Å². The van der Waals surface area contributed by atoms with E-state index in [1.54, 1.807) is 16.0 Å². The van der Waals surface area contributed by atoms with Crippen LogP contribution in [0.25, 0.3) is 15.7 Å². The minimum Gasteiger partial charge on any atom is -0.477 e. The first-order chi connectivity index (χ1) is 12.5. The average molecular weight is 392 g/mol. The van der Waals surface area contributed by atoms with Crippen molar-refractivity contribution in [1.82, 2.24) is 9.30 Å². The molecule has 4 rings (SSSR count). The summed E-state index contributed by atoms with van der Waals surface area (Å²) >= 11 is 7.46. The molecular weight excluding hydrogens is 374 g/mol. The fraction of sp³-hybridized carbons (Fsp3) is 0.333. The summed E-state index contributed by atoms with van der Waals surface area (Å²) in [7, 11) is 2.08. The highest BCUT2D eigenvalue weighted by atomic mass is 35.5. The molecule has 0 bridgehead atoms. The average Bonchev–Trinajstić information content (AvgIpc) is 3.10. The Morgan fingerprint density at radius 2 is 2.00 bits per heavy atom. The van der Waals surface area contributed by atoms with Gasteiger partial charge < -0.3 is 19.3 Å². The Kier molecular flexibility index (Phi) is 4.38. The van der Waals surface area contributed by atoms with Crippen molar-refractivity contribution in [2.45, 2.75) is 5.88 Å². The number of pyridine rings is 1. The van der Waals surface area contributed by atoms with Crippen LogP contribution in [0.4, 0.5) is 5.69 Å². The summed E-state index contributed by atoms with van der Waals surface area (Å²) in [5, 5.41) is 11.8. The van der Waals surface area contributed by atoms with E-state index in [0.717, 1.165) is 37.4 Å². The SMILES string of the molecule is CN1CCN(c2cc3c(=O)c(C(=O)O)c4sccn4c3cc2CCl)CC1. The zero-order chi connectivity index (χ0) is 18.4. The van der Waals surface area contributed by atoms with Crippen molar-refractivity contribution in [3.63, 3.8) is 0 Å². The monoisotopic (exact) mass is 391 g/mol. The number of piperazine rings is 1. The lowest BCUT2D eigenvalue weighted by atomic mass is 10.1. The number of aromatic carboxylic acids is 1. The van der Waals surface area contributed by atoms with Gasteiger partial charge in [0, 0.05) is 54.7 Å². The van der Waals surface area contributed by atoms with Crippen molar-refractivity contribution in [3.8, 4) is 0 Å².